The van der Waals surface area contributed by atoms with Crippen LogP contribution in [-0.2, 0) is 31.4 Å². The molecule has 1 amide bonds. The van der Waals surface area contributed by atoms with Crippen LogP contribution in [0.4, 0.5) is 13.2 Å². The molecule has 2 rings (SSSR count). The van der Waals surface area contributed by atoms with Crippen molar-refractivity contribution in [3.8, 4) is 11.5 Å². The van der Waals surface area contributed by atoms with Gasteiger partial charge >= 0.3 is 13.8 Å². The number of alkyl halides is 3. The van der Waals surface area contributed by atoms with Crippen LogP contribution in [-0.4, -0.2) is 42.9 Å². The number of ether oxygens (including phenoxy) is 2. The lowest BCUT2D eigenvalue weighted by molar-refractivity contribution is -0.153. The van der Waals surface area contributed by atoms with E-state index in [-0.39, 0.29) is 31.5 Å². The van der Waals surface area contributed by atoms with Gasteiger partial charge in [-0.2, -0.15) is 13.2 Å². The van der Waals surface area contributed by atoms with Crippen LogP contribution < -0.4 is 14.8 Å². The van der Waals surface area contributed by atoms with Gasteiger partial charge in [-0.1, -0.05) is 63.7 Å². The summed E-state index contributed by atoms with van der Waals surface area (Å²) in [6.07, 6.45) is 7.21. The molecular weight excluding hydrogens is 596 g/mol. The number of hydrogen-bond donors (Lipinski definition) is 1. The summed E-state index contributed by atoms with van der Waals surface area (Å²) in [5, 5.41) is 3.04. The lowest BCUT2D eigenvalue weighted by Crippen LogP contribution is -2.34. The van der Waals surface area contributed by atoms with Gasteiger partial charge in [0, 0.05) is 24.5 Å². The van der Waals surface area contributed by atoms with Crippen LogP contribution >= 0.6 is 7.60 Å². The molecule has 0 aliphatic heterocycles. The number of hydrogen-bond acceptors (Lipinski definition) is 7. The zero-order valence-corrected chi connectivity index (χ0v) is 26.8. The van der Waals surface area contributed by atoms with Crippen molar-refractivity contribution in [2.75, 3.05) is 19.8 Å². The van der Waals surface area contributed by atoms with Crippen molar-refractivity contribution in [1.29, 1.82) is 0 Å². The standard InChI is InChI=1S/C32H46F3N2O6P/c1-4-7-8-9-10-11-12-13-31(38)37-27(19-21-44(39,42-5-2)43-6-3)22-26-14-16-29(17-15-26)40-24-28-23-30(18-20-36-28)41-25-32(33,34)35/h14-21,23,27H,4-13,22,24-25H2,1-3H3,(H,37,38)/b21-19+/t27-/m0/s1. The monoisotopic (exact) mass is 642 g/mol. The minimum absolute atomic E-state index is 0.0345. The lowest BCUT2D eigenvalue weighted by Gasteiger charge is -2.18. The molecule has 1 aromatic carbocycles. The molecule has 2 aromatic rings. The van der Waals surface area contributed by atoms with E-state index >= 15 is 0 Å². The highest BCUT2D eigenvalue weighted by molar-refractivity contribution is 7.57. The summed E-state index contributed by atoms with van der Waals surface area (Å²) in [4.78, 5) is 16.9. The van der Waals surface area contributed by atoms with Gasteiger partial charge in [0.2, 0.25) is 5.91 Å². The molecule has 246 valence electrons. The number of amides is 1. The zero-order valence-electron chi connectivity index (χ0n) is 25.9. The maximum Gasteiger partial charge on any atom is 0.422 e. The summed E-state index contributed by atoms with van der Waals surface area (Å²) in [5.74, 6) is 1.92. The van der Waals surface area contributed by atoms with E-state index in [4.69, 9.17) is 18.5 Å². The van der Waals surface area contributed by atoms with E-state index in [9.17, 15) is 22.5 Å². The number of aromatic nitrogens is 1. The molecule has 1 heterocycles. The van der Waals surface area contributed by atoms with Crippen LogP contribution in [0.5, 0.6) is 11.5 Å². The van der Waals surface area contributed by atoms with Crippen molar-refractivity contribution in [3.63, 3.8) is 0 Å². The largest absolute Gasteiger partial charge is 0.487 e. The summed E-state index contributed by atoms with van der Waals surface area (Å²) < 4.78 is 71.5. The molecule has 12 heteroatoms. The number of halogens is 3. The van der Waals surface area contributed by atoms with Crippen LogP contribution in [0.25, 0.3) is 0 Å². The first-order valence-electron chi connectivity index (χ1n) is 15.3. The maximum absolute atomic E-state index is 13.0. The number of rotatable bonds is 22. The Morgan fingerprint density at radius 1 is 0.932 bits per heavy atom. The normalized spacial score (nSPS) is 12.8. The molecule has 0 bridgehead atoms. The molecule has 1 aromatic heterocycles. The number of nitrogens with zero attached hydrogens (tertiary/aromatic N) is 1. The summed E-state index contributed by atoms with van der Waals surface area (Å²) in [5.41, 5.74) is 1.31. The number of nitrogens with one attached hydrogen (secondary N) is 1. The average Bonchev–Trinajstić information content (AvgIpc) is 2.98. The van der Waals surface area contributed by atoms with Gasteiger partial charge < -0.3 is 23.8 Å². The van der Waals surface area contributed by atoms with E-state index in [1.165, 1.54) is 49.8 Å². The smallest absolute Gasteiger partial charge is 0.422 e. The fourth-order valence-corrected chi connectivity index (χ4v) is 5.69. The van der Waals surface area contributed by atoms with Gasteiger partial charge in [-0.25, -0.2) is 0 Å². The molecule has 0 saturated carbocycles. The number of carbonyl (C=O) groups is 1. The molecule has 0 radical (unpaired) electrons. The number of carbonyl (C=O) groups excluding carboxylic acids is 1. The number of pyridine rings is 1. The Hall–Kier alpha value is -2.88. The van der Waals surface area contributed by atoms with Crippen molar-refractivity contribution in [1.82, 2.24) is 10.3 Å². The molecule has 1 atom stereocenters. The fourth-order valence-electron chi connectivity index (χ4n) is 4.30. The Balaban J connectivity index is 2.00. The average molecular weight is 643 g/mol. The fraction of sp³-hybridized carbons (Fsp3) is 0.562. The van der Waals surface area contributed by atoms with Crippen molar-refractivity contribution >= 4 is 13.5 Å². The molecule has 0 spiro atoms. The zero-order chi connectivity index (χ0) is 32.3. The van der Waals surface area contributed by atoms with E-state index in [1.807, 2.05) is 12.1 Å². The minimum Gasteiger partial charge on any atom is -0.487 e. The first-order chi connectivity index (χ1) is 21.1. The Bertz CT molecular complexity index is 1170. The summed E-state index contributed by atoms with van der Waals surface area (Å²) >= 11 is 0. The second kappa shape index (κ2) is 20.2. The number of unbranched alkanes of at least 4 members (excludes halogenated alkanes) is 6. The first kappa shape index (κ1) is 37.3. The molecule has 0 aliphatic carbocycles. The molecular formula is C32H46F3N2O6P. The SMILES string of the molecule is CCCCCCCCCC(=O)N[C@@H](/C=C/P(=O)(OCC)OCC)Cc1ccc(OCc2cc(OCC(F)(F)F)ccn2)cc1. The molecule has 0 fully saturated rings. The van der Waals surface area contributed by atoms with Crippen molar-refractivity contribution in [2.24, 2.45) is 0 Å². The van der Waals surface area contributed by atoms with Crippen LogP contribution in [0.3, 0.4) is 0 Å². The topological polar surface area (TPSA) is 96.0 Å². The Morgan fingerprint density at radius 2 is 1.59 bits per heavy atom. The second-order valence-electron chi connectivity index (χ2n) is 10.3. The minimum atomic E-state index is -4.43. The highest BCUT2D eigenvalue weighted by atomic mass is 31.2. The quantitative estimate of drug-likeness (QED) is 0.102. The van der Waals surface area contributed by atoms with Gasteiger partial charge in [-0.05, 0) is 50.5 Å². The van der Waals surface area contributed by atoms with Gasteiger partial charge in [0.1, 0.15) is 18.1 Å². The van der Waals surface area contributed by atoms with Crippen molar-refractivity contribution in [3.05, 3.63) is 65.7 Å². The lowest BCUT2D eigenvalue weighted by atomic mass is 10.0. The van der Waals surface area contributed by atoms with Crippen LogP contribution in [0.15, 0.2) is 54.5 Å². The van der Waals surface area contributed by atoms with E-state index < -0.39 is 26.4 Å². The van der Waals surface area contributed by atoms with Crippen LogP contribution in [0, 0.1) is 0 Å². The second-order valence-corrected chi connectivity index (χ2v) is 12.2. The Kier molecular flexibility index (Phi) is 17.1. The van der Waals surface area contributed by atoms with Gasteiger partial charge in [0.15, 0.2) is 6.61 Å². The van der Waals surface area contributed by atoms with E-state index in [1.54, 1.807) is 32.1 Å². The van der Waals surface area contributed by atoms with E-state index in [0.717, 1.165) is 24.8 Å². The summed E-state index contributed by atoms with van der Waals surface area (Å²) in [6, 6.07) is 9.51. The van der Waals surface area contributed by atoms with Crippen LogP contribution in [0.2, 0.25) is 0 Å². The van der Waals surface area contributed by atoms with E-state index in [2.05, 4.69) is 17.2 Å². The third-order valence-corrected chi connectivity index (χ3v) is 8.20. The van der Waals surface area contributed by atoms with Crippen molar-refractivity contribution < 1.29 is 41.1 Å². The first-order valence-corrected chi connectivity index (χ1v) is 16.9. The molecule has 0 aliphatic rings. The van der Waals surface area contributed by atoms with Gasteiger partial charge in [0.25, 0.3) is 0 Å². The van der Waals surface area contributed by atoms with Crippen molar-refractivity contribution in [2.45, 2.75) is 97.4 Å². The summed E-state index contributed by atoms with van der Waals surface area (Å²) in [6.45, 7) is 4.75. The predicted molar refractivity (Wildman–Crippen MR) is 165 cm³/mol. The Labute approximate surface area is 259 Å². The molecule has 0 saturated heterocycles. The van der Waals surface area contributed by atoms with E-state index in [0.29, 0.717) is 24.3 Å². The molecule has 1 N–H and O–H groups in total. The van der Waals surface area contributed by atoms with Gasteiger partial charge in [-0.15, -0.1) is 0 Å². The highest BCUT2D eigenvalue weighted by Crippen LogP contribution is 2.49. The third-order valence-electron chi connectivity index (χ3n) is 6.43. The van der Waals surface area contributed by atoms with Gasteiger partial charge in [-0.3, -0.25) is 14.3 Å². The predicted octanol–water partition coefficient (Wildman–Crippen LogP) is 8.55. The third kappa shape index (κ3) is 16.3. The number of benzene rings is 1. The van der Waals surface area contributed by atoms with Crippen LogP contribution in [0.1, 0.15) is 83.4 Å². The molecule has 0 unspecified atom stereocenters. The Morgan fingerprint density at radius 3 is 2.23 bits per heavy atom. The van der Waals surface area contributed by atoms with Gasteiger partial charge in [0.05, 0.1) is 24.9 Å². The molecule has 44 heavy (non-hydrogen) atoms. The maximum atomic E-state index is 13.0. The molecule has 8 nitrogen and oxygen atoms in total. The summed E-state index contributed by atoms with van der Waals surface area (Å²) in [7, 11) is -3.45. The highest BCUT2D eigenvalue weighted by Gasteiger charge is 2.28.